The lowest BCUT2D eigenvalue weighted by Crippen LogP contribution is -2.47. The number of rotatable bonds is 5. The topological polar surface area (TPSA) is 78.5 Å². The van der Waals surface area contributed by atoms with Crippen molar-refractivity contribution in [2.24, 2.45) is 0 Å². The SMILES string of the molecule is O=C(CN1C(=O)N[C@@]2(CCCc3ccccc32)C1=O)N[C@@H](c1ccc(F)cc1)c1cccs1. The van der Waals surface area contributed by atoms with Crippen molar-refractivity contribution >= 4 is 29.2 Å². The van der Waals surface area contributed by atoms with Crippen molar-refractivity contribution < 1.29 is 18.8 Å². The highest BCUT2D eigenvalue weighted by Crippen LogP contribution is 2.39. The Morgan fingerprint density at radius 2 is 1.91 bits per heavy atom. The van der Waals surface area contributed by atoms with Crippen LogP contribution in [0.1, 0.15) is 40.5 Å². The lowest BCUT2D eigenvalue weighted by Gasteiger charge is -2.33. The Kier molecular flexibility index (Phi) is 5.46. The molecule has 2 atom stereocenters. The van der Waals surface area contributed by atoms with Crippen LogP contribution in [0.25, 0.3) is 0 Å². The number of carbonyl (C=O) groups excluding carboxylic acids is 3. The Morgan fingerprint density at radius 1 is 1.12 bits per heavy atom. The molecule has 8 heteroatoms. The maximum atomic E-state index is 13.4. The number of fused-ring (bicyclic) bond motifs is 2. The van der Waals surface area contributed by atoms with Crippen LogP contribution in [0, 0.1) is 5.82 Å². The molecule has 2 aliphatic rings. The smallest absolute Gasteiger partial charge is 0.325 e. The fourth-order valence-electron chi connectivity index (χ4n) is 4.73. The first kappa shape index (κ1) is 21.3. The van der Waals surface area contributed by atoms with Gasteiger partial charge in [-0.15, -0.1) is 11.3 Å². The lowest BCUT2D eigenvalue weighted by molar-refractivity contribution is -0.135. The first-order valence-corrected chi connectivity index (χ1v) is 11.7. The van der Waals surface area contributed by atoms with E-state index in [-0.39, 0.29) is 5.82 Å². The molecular weight excluding hydrogens is 441 g/mol. The average molecular weight is 464 g/mol. The van der Waals surface area contributed by atoms with Crippen molar-refractivity contribution in [1.29, 1.82) is 0 Å². The Labute approximate surface area is 194 Å². The molecule has 0 bridgehead atoms. The number of aryl methyl sites for hydroxylation is 1. The molecule has 1 spiro atoms. The van der Waals surface area contributed by atoms with Crippen LogP contribution < -0.4 is 10.6 Å². The van der Waals surface area contributed by atoms with Crippen LogP contribution in [0.3, 0.4) is 0 Å². The van der Waals surface area contributed by atoms with E-state index in [1.165, 1.54) is 23.5 Å². The number of amides is 4. The van der Waals surface area contributed by atoms with E-state index in [0.29, 0.717) is 12.0 Å². The van der Waals surface area contributed by atoms with Crippen LogP contribution in [0.2, 0.25) is 0 Å². The molecule has 6 nitrogen and oxygen atoms in total. The summed E-state index contributed by atoms with van der Waals surface area (Å²) in [7, 11) is 0. The van der Waals surface area contributed by atoms with Crippen molar-refractivity contribution in [2.75, 3.05) is 6.54 Å². The number of thiophene rings is 1. The summed E-state index contributed by atoms with van der Waals surface area (Å²) < 4.78 is 13.4. The zero-order chi connectivity index (χ0) is 23.0. The van der Waals surface area contributed by atoms with Crippen LogP contribution in [-0.4, -0.2) is 29.3 Å². The van der Waals surface area contributed by atoms with Crippen molar-refractivity contribution in [3.8, 4) is 0 Å². The number of carbonyl (C=O) groups is 3. The maximum absolute atomic E-state index is 13.4. The van der Waals surface area contributed by atoms with Crippen LogP contribution >= 0.6 is 11.3 Å². The summed E-state index contributed by atoms with van der Waals surface area (Å²) in [5.74, 6) is -1.24. The van der Waals surface area contributed by atoms with Gasteiger partial charge in [0.25, 0.3) is 5.91 Å². The van der Waals surface area contributed by atoms with Gasteiger partial charge in [0.2, 0.25) is 5.91 Å². The molecule has 2 N–H and O–H groups in total. The summed E-state index contributed by atoms with van der Waals surface area (Å²) in [6, 6.07) is 16.2. The third-order valence-electron chi connectivity index (χ3n) is 6.29. The number of benzene rings is 2. The molecule has 168 valence electrons. The molecule has 5 rings (SSSR count). The Bertz CT molecular complexity index is 1210. The second-order valence-corrected chi connectivity index (χ2v) is 9.28. The van der Waals surface area contributed by atoms with Crippen molar-refractivity contribution in [1.82, 2.24) is 15.5 Å². The number of hydrogen-bond acceptors (Lipinski definition) is 4. The van der Waals surface area contributed by atoms with Gasteiger partial charge < -0.3 is 10.6 Å². The van der Waals surface area contributed by atoms with E-state index in [1.54, 1.807) is 12.1 Å². The molecule has 0 radical (unpaired) electrons. The quantitative estimate of drug-likeness (QED) is 0.564. The van der Waals surface area contributed by atoms with E-state index < -0.39 is 36.0 Å². The van der Waals surface area contributed by atoms with Crippen LogP contribution in [-0.2, 0) is 21.5 Å². The lowest BCUT2D eigenvalue weighted by atomic mass is 9.76. The van der Waals surface area contributed by atoms with E-state index in [4.69, 9.17) is 0 Å². The van der Waals surface area contributed by atoms with E-state index in [1.807, 2.05) is 41.8 Å². The molecular formula is C25H22FN3O3S. The van der Waals surface area contributed by atoms with Crippen molar-refractivity contribution in [3.05, 3.63) is 93.4 Å². The summed E-state index contributed by atoms with van der Waals surface area (Å²) in [6.45, 7) is -0.391. The predicted molar refractivity (Wildman–Crippen MR) is 122 cm³/mol. The monoisotopic (exact) mass is 463 g/mol. The first-order valence-electron chi connectivity index (χ1n) is 10.8. The van der Waals surface area contributed by atoms with Gasteiger partial charge in [-0.25, -0.2) is 9.18 Å². The molecule has 0 saturated carbocycles. The summed E-state index contributed by atoms with van der Waals surface area (Å²) in [6.07, 6.45) is 2.12. The molecule has 2 heterocycles. The summed E-state index contributed by atoms with van der Waals surface area (Å²) >= 11 is 1.46. The highest BCUT2D eigenvalue weighted by atomic mass is 32.1. The van der Waals surface area contributed by atoms with E-state index in [2.05, 4.69) is 10.6 Å². The third-order valence-corrected chi connectivity index (χ3v) is 7.23. The fraction of sp³-hybridized carbons (Fsp3) is 0.240. The number of urea groups is 1. The number of hydrogen-bond donors (Lipinski definition) is 2. The van der Waals surface area contributed by atoms with Gasteiger partial charge in [0, 0.05) is 4.88 Å². The molecule has 1 aliphatic carbocycles. The summed E-state index contributed by atoms with van der Waals surface area (Å²) in [5, 5.41) is 7.66. The molecule has 1 fully saturated rings. The van der Waals surface area contributed by atoms with Gasteiger partial charge in [-0.1, -0.05) is 42.5 Å². The zero-order valence-corrected chi connectivity index (χ0v) is 18.5. The molecule has 1 aliphatic heterocycles. The first-order chi connectivity index (χ1) is 16.0. The maximum Gasteiger partial charge on any atom is 0.325 e. The van der Waals surface area contributed by atoms with Crippen LogP contribution in [0.5, 0.6) is 0 Å². The highest BCUT2D eigenvalue weighted by molar-refractivity contribution is 7.10. The van der Waals surface area contributed by atoms with Gasteiger partial charge in [0.1, 0.15) is 17.9 Å². The van der Waals surface area contributed by atoms with E-state index in [0.717, 1.165) is 33.7 Å². The van der Waals surface area contributed by atoms with Crippen molar-refractivity contribution in [3.63, 3.8) is 0 Å². The minimum atomic E-state index is -1.11. The molecule has 1 aromatic heterocycles. The Hall–Kier alpha value is -3.52. The zero-order valence-electron chi connectivity index (χ0n) is 17.7. The third kappa shape index (κ3) is 3.80. The minimum absolute atomic E-state index is 0.368. The summed E-state index contributed by atoms with van der Waals surface area (Å²) in [5.41, 5.74) is 1.44. The Balaban J connectivity index is 1.37. The largest absolute Gasteiger partial charge is 0.343 e. The van der Waals surface area contributed by atoms with Crippen LogP contribution in [0.4, 0.5) is 9.18 Å². The second kappa shape index (κ2) is 8.44. The second-order valence-electron chi connectivity index (χ2n) is 8.30. The average Bonchev–Trinajstić information content (AvgIpc) is 3.43. The molecule has 3 aromatic rings. The molecule has 1 saturated heterocycles. The van der Waals surface area contributed by atoms with Gasteiger partial charge >= 0.3 is 6.03 Å². The van der Waals surface area contributed by atoms with Gasteiger partial charge in [0.15, 0.2) is 0 Å². The molecule has 4 amide bonds. The van der Waals surface area contributed by atoms with Gasteiger partial charge in [-0.2, -0.15) is 0 Å². The number of halogens is 1. The number of nitrogens with one attached hydrogen (secondary N) is 2. The van der Waals surface area contributed by atoms with Gasteiger partial charge in [-0.05, 0) is 59.5 Å². The molecule has 33 heavy (non-hydrogen) atoms. The van der Waals surface area contributed by atoms with Gasteiger partial charge in [-0.3, -0.25) is 14.5 Å². The standard InChI is InChI=1S/C25H22FN3O3S/c26-18-11-9-17(10-12-18)22(20-8-4-14-33-20)27-21(30)15-29-23(31)25(28-24(29)32)13-3-6-16-5-1-2-7-19(16)25/h1-2,4-5,7-12,14,22H,3,6,13,15H2,(H,27,30)(H,28,32)/t22-,25+/m0/s1. The number of imide groups is 1. The molecule has 0 unspecified atom stereocenters. The Morgan fingerprint density at radius 3 is 2.67 bits per heavy atom. The normalized spacial score (nSPS) is 20.5. The van der Waals surface area contributed by atoms with Crippen molar-refractivity contribution in [2.45, 2.75) is 30.8 Å². The minimum Gasteiger partial charge on any atom is -0.343 e. The predicted octanol–water partition coefficient (Wildman–Crippen LogP) is 3.88. The molecule has 2 aromatic carbocycles. The van der Waals surface area contributed by atoms with E-state index >= 15 is 0 Å². The van der Waals surface area contributed by atoms with E-state index in [9.17, 15) is 18.8 Å². The van der Waals surface area contributed by atoms with Gasteiger partial charge in [0.05, 0.1) is 6.04 Å². The number of nitrogens with zero attached hydrogens (tertiary/aromatic N) is 1. The summed E-state index contributed by atoms with van der Waals surface area (Å²) in [4.78, 5) is 41.1. The fourth-order valence-corrected chi connectivity index (χ4v) is 5.54. The van der Waals surface area contributed by atoms with Crippen LogP contribution in [0.15, 0.2) is 66.0 Å². The highest BCUT2D eigenvalue weighted by Gasteiger charge is 2.54.